The van der Waals surface area contributed by atoms with Gasteiger partial charge in [-0.2, -0.15) is 0 Å². The lowest BCUT2D eigenvalue weighted by atomic mass is 10.1. The fraction of sp³-hybridized carbons (Fsp3) is 0.682. The first-order valence-corrected chi connectivity index (χ1v) is 22.2. The molecule has 0 fully saturated rings. The summed E-state index contributed by atoms with van der Waals surface area (Å²) >= 11 is 0. The summed E-state index contributed by atoms with van der Waals surface area (Å²) < 4.78 is 33.8. The van der Waals surface area contributed by atoms with Gasteiger partial charge in [-0.05, 0) is 64.2 Å². The van der Waals surface area contributed by atoms with Crippen LogP contribution in [0.4, 0.5) is 0 Å². The van der Waals surface area contributed by atoms with Crippen molar-refractivity contribution in [3.05, 3.63) is 72.9 Å². The van der Waals surface area contributed by atoms with Crippen molar-refractivity contribution in [1.29, 1.82) is 0 Å². The minimum Gasteiger partial charge on any atom is -0.756 e. The minimum atomic E-state index is -4.64. The third-order valence-corrected chi connectivity index (χ3v) is 9.29. The summed E-state index contributed by atoms with van der Waals surface area (Å²) in [4.78, 5) is 37.4. The van der Waals surface area contributed by atoms with Crippen LogP contribution in [-0.4, -0.2) is 70.0 Å². The quantitative estimate of drug-likeness (QED) is 0.0203. The number of unbranched alkanes of at least 4 members (excludes halogenated alkanes) is 14. The zero-order valence-corrected chi connectivity index (χ0v) is 35.5. The molecule has 2 atom stereocenters. The van der Waals surface area contributed by atoms with Crippen LogP contribution < -0.4 is 4.89 Å². The van der Waals surface area contributed by atoms with E-state index in [-0.39, 0.29) is 26.1 Å². The second-order valence-electron chi connectivity index (χ2n) is 14.8. The lowest BCUT2D eigenvalue weighted by Crippen LogP contribution is -2.37. The van der Waals surface area contributed by atoms with E-state index in [1.807, 2.05) is 33.3 Å². The molecule has 0 rings (SSSR count). The normalized spacial score (nSPS) is 14.4. The molecule has 0 aromatic rings. The summed E-state index contributed by atoms with van der Waals surface area (Å²) in [5.41, 5.74) is 0. The number of hydrogen-bond donors (Lipinski definition) is 0. The molecule has 0 heterocycles. The molecule has 0 aliphatic heterocycles. The number of hydrogen-bond acceptors (Lipinski definition) is 8. The maximum absolute atomic E-state index is 12.6. The van der Waals surface area contributed by atoms with Crippen molar-refractivity contribution < 1.29 is 42.1 Å². The third-order valence-electron chi connectivity index (χ3n) is 8.32. The molecule has 0 aliphatic carbocycles. The predicted octanol–water partition coefficient (Wildman–Crippen LogP) is 10.8. The minimum absolute atomic E-state index is 0.0447. The molecule has 0 aromatic carbocycles. The van der Waals surface area contributed by atoms with Gasteiger partial charge in [0.05, 0.1) is 27.7 Å². The number of allylic oxidation sites excluding steroid dienone is 12. The van der Waals surface area contributed by atoms with Gasteiger partial charge in [0.15, 0.2) is 6.10 Å². The van der Waals surface area contributed by atoms with Crippen molar-refractivity contribution in [1.82, 2.24) is 0 Å². The maximum atomic E-state index is 12.6. The molecule has 0 aliphatic rings. The van der Waals surface area contributed by atoms with E-state index in [0.717, 1.165) is 64.2 Å². The first-order chi connectivity index (χ1) is 26.0. The van der Waals surface area contributed by atoms with Crippen LogP contribution >= 0.6 is 7.82 Å². The first kappa shape index (κ1) is 51.5. The fourth-order valence-electron chi connectivity index (χ4n) is 5.01. The number of quaternary nitrogens is 1. The molecule has 1 unspecified atom stereocenters. The van der Waals surface area contributed by atoms with E-state index in [2.05, 4.69) is 74.6 Å². The number of nitrogens with zero attached hydrogens (tertiary/aromatic N) is 1. The van der Waals surface area contributed by atoms with Crippen LogP contribution in [0.25, 0.3) is 0 Å². The molecule has 10 heteroatoms. The molecule has 0 amide bonds. The van der Waals surface area contributed by atoms with Crippen molar-refractivity contribution in [3.63, 3.8) is 0 Å². The standard InChI is InChI=1S/C44H76NO8P/c1-6-8-10-12-14-16-18-20-22-24-26-28-30-32-34-36-43(46)50-40-42(41-52-54(48,49)51-39-38-45(3,4)5)53-44(47)37-35-33-31-29-27-25-23-21-19-17-15-13-11-9-7-2/h14-25,42H,6-13,26-41H2,1-5H3/t42-/m1/s1. The Morgan fingerprint density at radius 2 is 1.00 bits per heavy atom. The molecule has 0 radical (unpaired) electrons. The maximum Gasteiger partial charge on any atom is 0.306 e. The van der Waals surface area contributed by atoms with Gasteiger partial charge in [-0.3, -0.25) is 14.2 Å². The fourth-order valence-corrected chi connectivity index (χ4v) is 5.74. The smallest absolute Gasteiger partial charge is 0.306 e. The van der Waals surface area contributed by atoms with Gasteiger partial charge in [0.25, 0.3) is 7.82 Å². The molecular formula is C44H76NO8P. The molecule has 54 heavy (non-hydrogen) atoms. The van der Waals surface area contributed by atoms with Gasteiger partial charge in [0.1, 0.15) is 19.8 Å². The average molecular weight is 778 g/mol. The van der Waals surface area contributed by atoms with Gasteiger partial charge in [-0.15, -0.1) is 0 Å². The highest BCUT2D eigenvalue weighted by Gasteiger charge is 2.21. The number of phosphoric ester groups is 1. The Morgan fingerprint density at radius 1 is 0.574 bits per heavy atom. The summed E-state index contributed by atoms with van der Waals surface area (Å²) in [6, 6.07) is 0. The van der Waals surface area contributed by atoms with Crippen LogP contribution in [0.1, 0.15) is 142 Å². The highest BCUT2D eigenvalue weighted by Crippen LogP contribution is 2.38. The zero-order chi connectivity index (χ0) is 40.0. The summed E-state index contributed by atoms with van der Waals surface area (Å²) in [5.74, 6) is -0.903. The van der Waals surface area contributed by atoms with E-state index >= 15 is 0 Å². The Balaban J connectivity index is 4.53. The summed E-state index contributed by atoms with van der Waals surface area (Å²) in [6.45, 7) is 4.06. The molecule has 0 bridgehead atoms. The third kappa shape index (κ3) is 39.2. The molecule has 0 saturated carbocycles. The molecular weight excluding hydrogens is 701 g/mol. The Labute approximate surface area is 329 Å². The molecule has 9 nitrogen and oxygen atoms in total. The van der Waals surface area contributed by atoms with E-state index in [1.54, 1.807) is 0 Å². The van der Waals surface area contributed by atoms with Crippen molar-refractivity contribution >= 4 is 19.8 Å². The summed E-state index contributed by atoms with van der Waals surface area (Å²) in [6.07, 6.45) is 43.5. The Bertz CT molecular complexity index is 1150. The Morgan fingerprint density at radius 3 is 1.44 bits per heavy atom. The highest BCUT2D eigenvalue weighted by molar-refractivity contribution is 7.45. The largest absolute Gasteiger partial charge is 0.756 e. The topological polar surface area (TPSA) is 111 Å². The van der Waals surface area contributed by atoms with Crippen molar-refractivity contribution in [3.8, 4) is 0 Å². The van der Waals surface area contributed by atoms with E-state index < -0.39 is 32.5 Å². The van der Waals surface area contributed by atoms with E-state index in [9.17, 15) is 19.0 Å². The molecule has 0 saturated heterocycles. The molecule has 310 valence electrons. The van der Waals surface area contributed by atoms with Crippen LogP contribution in [0.15, 0.2) is 72.9 Å². The van der Waals surface area contributed by atoms with Crippen molar-refractivity contribution in [2.75, 3.05) is 47.5 Å². The number of esters is 2. The second kappa shape index (κ2) is 36.1. The number of ether oxygens (including phenoxy) is 2. The van der Waals surface area contributed by atoms with E-state index in [0.29, 0.717) is 23.9 Å². The van der Waals surface area contributed by atoms with Crippen LogP contribution in [0, 0.1) is 0 Å². The average Bonchev–Trinajstić information content (AvgIpc) is 3.12. The van der Waals surface area contributed by atoms with Crippen LogP contribution in [-0.2, 0) is 32.7 Å². The first-order valence-electron chi connectivity index (χ1n) is 20.7. The summed E-state index contributed by atoms with van der Waals surface area (Å²) in [7, 11) is 1.12. The highest BCUT2D eigenvalue weighted by atomic mass is 31.2. The van der Waals surface area contributed by atoms with E-state index in [4.69, 9.17) is 18.5 Å². The SMILES string of the molecule is CCCCCC=CC=CC=CCCCCCCC(=O)OC[C@H](COP(=O)([O-])OCC[N+](C)(C)C)OC(=O)CCCCCCC=CC=CC=CCCCCC. The number of likely N-dealkylation sites (N-methyl/N-ethyl adjacent to an activating group) is 1. The van der Waals surface area contributed by atoms with Gasteiger partial charge < -0.3 is 27.9 Å². The zero-order valence-electron chi connectivity index (χ0n) is 34.6. The van der Waals surface area contributed by atoms with Crippen LogP contribution in [0.5, 0.6) is 0 Å². The number of carbonyl (C=O) groups excluding carboxylic acids is 2. The van der Waals surface area contributed by atoms with Gasteiger partial charge >= 0.3 is 11.9 Å². The van der Waals surface area contributed by atoms with Crippen molar-refractivity contribution in [2.45, 2.75) is 148 Å². The van der Waals surface area contributed by atoms with Crippen LogP contribution in [0.2, 0.25) is 0 Å². The second-order valence-corrected chi connectivity index (χ2v) is 16.2. The van der Waals surface area contributed by atoms with E-state index in [1.165, 1.54) is 38.5 Å². The molecule has 0 spiro atoms. The lowest BCUT2D eigenvalue weighted by Gasteiger charge is -2.28. The van der Waals surface area contributed by atoms with Gasteiger partial charge in [0, 0.05) is 12.8 Å². The lowest BCUT2D eigenvalue weighted by molar-refractivity contribution is -0.870. The summed E-state index contributed by atoms with van der Waals surface area (Å²) in [5, 5.41) is 0. The Hall–Kier alpha value is -2.55. The van der Waals surface area contributed by atoms with Gasteiger partial charge in [-0.1, -0.05) is 138 Å². The Kier molecular flexibility index (Phi) is 34.4. The van der Waals surface area contributed by atoms with Gasteiger partial charge in [-0.25, -0.2) is 0 Å². The molecule has 0 aromatic heterocycles. The number of phosphoric acid groups is 1. The predicted molar refractivity (Wildman–Crippen MR) is 222 cm³/mol. The van der Waals surface area contributed by atoms with Crippen molar-refractivity contribution in [2.24, 2.45) is 0 Å². The number of carbonyl (C=O) groups is 2. The van der Waals surface area contributed by atoms with Crippen LogP contribution in [0.3, 0.4) is 0 Å². The monoisotopic (exact) mass is 778 g/mol. The number of rotatable bonds is 36. The van der Waals surface area contributed by atoms with Gasteiger partial charge in [0.2, 0.25) is 0 Å². The molecule has 0 N–H and O–H groups in total.